The summed E-state index contributed by atoms with van der Waals surface area (Å²) in [5.41, 5.74) is 0. The van der Waals surface area contributed by atoms with Crippen LogP contribution in [0.25, 0.3) is 0 Å². The van der Waals surface area contributed by atoms with E-state index in [0.717, 1.165) is 32.7 Å². The second-order valence-corrected chi connectivity index (χ2v) is 6.70. The fourth-order valence-corrected chi connectivity index (χ4v) is 4.49. The molecule has 4 heteroatoms. The van der Waals surface area contributed by atoms with Crippen molar-refractivity contribution >= 4 is 11.8 Å². The van der Waals surface area contributed by atoms with Crippen LogP contribution in [0.15, 0.2) is 18.5 Å². The molecule has 0 spiro atoms. The topological polar surface area (TPSA) is 18.5 Å². The number of ether oxygens (including phenoxy) is 2. The van der Waals surface area contributed by atoms with Crippen LogP contribution in [-0.4, -0.2) is 25.9 Å². The van der Waals surface area contributed by atoms with Gasteiger partial charge in [-0.15, -0.1) is 0 Å². The second-order valence-electron chi connectivity index (χ2n) is 3.19. The molecule has 0 atom stereocenters. The van der Waals surface area contributed by atoms with Crippen molar-refractivity contribution in [1.29, 1.82) is 0 Å². The van der Waals surface area contributed by atoms with Crippen molar-refractivity contribution in [1.82, 2.24) is 0 Å². The molecule has 0 saturated carbocycles. The van der Waals surface area contributed by atoms with Gasteiger partial charge in [-0.2, -0.15) is 0 Å². The van der Waals surface area contributed by atoms with E-state index in [-0.39, 0.29) is 21.2 Å². The predicted molar refractivity (Wildman–Crippen MR) is 54.6 cm³/mol. The van der Waals surface area contributed by atoms with E-state index in [1.165, 1.54) is 3.58 Å². The van der Waals surface area contributed by atoms with E-state index in [1.807, 2.05) is 0 Å². The van der Waals surface area contributed by atoms with Gasteiger partial charge in [-0.05, 0) is 0 Å². The third kappa shape index (κ3) is 3.56. The first kappa shape index (κ1) is 11.0. The Bertz CT molecular complexity index is 234. The van der Waals surface area contributed by atoms with Gasteiger partial charge in [0.2, 0.25) is 0 Å². The van der Waals surface area contributed by atoms with E-state index < -0.39 is 0 Å². The third-order valence-electron chi connectivity index (χ3n) is 2.15. The van der Waals surface area contributed by atoms with Gasteiger partial charge in [0.1, 0.15) is 0 Å². The van der Waals surface area contributed by atoms with Crippen molar-refractivity contribution in [3.05, 3.63) is 18.5 Å². The Kier molecular flexibility index (Phi) is 4.82. The summed E-state index contributed by atoms with van der Waals surface area (Å²) >= 11 is 1.89. The van der Waals surface area contributed by atoms with Crippen LogP contribution in [0.4, 0.5) is 0 Å². The van der Waals surface area contributed by atoms with Crippen LogP contribution in [0.2, 0.25) is 0 Å². The SMILES string of the molecule is C1=C[I-]C(COC2CCOCC2)=CS1. The summed E-state index contributed by atoms with van der Waals surface area (Å²) < 4.78 is 14.9. The molecular formula is C10H14IO2S-. The van der Waals surface area contributed by atoms with Crippen LogP contribution in [0.1, 0.15) is 12.8 Å². The van der Waals surface area contributed by atoms with Crippen LogP contribution >= 0.6 is 11.8 Å². The summed E-state index contributed by atoms with van der Waals surface area (Å²) in [7, 11) is 0. The molecule has 0 aromatic rings. The normalized spacial score (nSPS) is 24.1. The monoisotopic (exact) mass is 325 g/mol. The van der Waals surface area contributed by atoms with E-state index in [2.05, 4.69) is 14.9 Å². The van der Waals surface area contributed by atoms with E-state index in [0.29, 0.717) is 6.10 Å². The fraction of sp³-hybridized carbons (Fsp3) is 0.600. The van der Waals surface area contributed by atoms with Gasteiger partial charge in [-0.3, -0.25) is 0 Å². The molecule has 0 bridgehead atoms. The van der Waals surface area contributed by atoms with Gasteiger partial charge in [0.05, 0.1) is 0 Å². The molecule has 2 aliphatic heterocycles. The average Bonchev–Trinajstić information content (AvgIpc) is 2.29. The number of hydrogen-bond donors (Lipinski definition) is 0. The first-order valence-corrected chi connectivity index (χ1v) is 8.04. The predicted octanol–water partition coefficient (Wildman–Crippen LogP) is -0.670. The number of rotatable bonds is 3. The zero-order chi connectivity index (χ0) is 9.64. The van der Waals surface area contributed by atoms with Crippen LogP contribution in [0.5, 0.6) is 0 Å². The number of thioether (sulfide) groups is 1. The molecule has 0 aromatic carbocycles. The maximum absolute atomic E-state index is 5.85. The quantitative estimate of drug-likeness (QED) is 0.642. The number of halogens is 1. The summed E-state index contributed by atoms with van der Waals surface area (Å²) in [6, 6.07) is 0. The Balaban J connectivity index is 1.68. The summed E-state index contributed by atoms with van der Waals surface area (Å²) in [4.78, 5) is 0. The molecular weight excluding hydrogens is 311 g/mol. The van der Waals surface area contributed by atoms with Gasteiger partial charge >= 0.3 is 99.7 Å². The zero-order valence-electron chi connectivity index (χ0n) is 7.95. The van der Waals surface area contributed by atoms with Crippen molar-refractivity contribution < 1.29 is 30.7 Å². The minimum atomic E-state index is 0.123. The molecule has 80 valence electrons. The summed E-state index contributed by atoms with van der Waals surface area (Å²) in [5.74, 6) is 0. The van der Waals surface area contributed by atoms with Gasteiger partial charge in [0.15, 0.2) is 0 Å². The van der Waals surface area contributed by atoms with Crippen LogP contribution in [-0.2, 0) is 9.47 Å². The molecule has 2 aliphatic rings. The van der Waals surface area contributed by atoms with E-state index in [1.54, 1.807) is 11.8 Å². The van der Waals surface area contributed by atoms with Gasteiger partial charge in [0, 0.05) is 0 Å². The molecule has 0 N–H and O–H groups in total. The molecule has 0 amide bonds. The Morgan fingerprint density at radius 1 is 1.50 bits per heavy atom. The zero-order valence-corrected chi connectivity index (χ0v) is 10.9. The molecule has 2 nitrogen and oxygen atoms in total. The van der Waals surface area contributed by atoms with Crippen LogP contribution < -0.4 is 21.2 Å². The summed E-state index contributed by atoms with van der Waals surface area (Å²) in [6.45, 7) is 2.58. The summed E-state index contributed by atoms with van der Waals surface area (Å²) in [6.07, 6.45) is 2.56. The fourth-order valence-electron chi connectivity index (χ4n) is 1.38. The Labute approximate surface area is 99.4 Å². The van der Waals surface area contributed by atoms with Crippen molar-refractivity contribution in [2.75, 3.05) is 19.8 Å². The maximum atomic E-state index is 5.85. The van der Waals surface area contributed by atoms with Crippen molar-refractivity contribution in [3.63, 3.8) is 0 Å². The van der Waals surface area contributed by atoms with Gasteiger partial charge < -0.3 is 0 Å². The minimum absolute atomic E-state index is 0.123. The summed E-state index contributed by atoms with van der Waals surface area (Å²) in [5, 5.41) is 4.41. The molecule has 1 fully saturated rings. The van der Waals surface area contributed by atoms with Crippen LogP contribution in [0.3, 0.4) is 0 Å². The Hall–Kier alpha value is 0.480. The molecule has 0 aliphatic carbocycles. The Morgan fingerprint density at radius 2 is 2.36 bits per heavy atom. The van der Waals surface area contributed by atoms with E-state index in [4.69, 9.17) is 9.47 Å². The molecule has 2 heterocycles. The second kappa shape index (κ2) is 6.15. The third-order valence-corrected chi connectivity index (χ3v) is 5.92. The van der Waals surface area contributed by atoms with Crippen LogP contribution in [0, 0.1) is 0 Å². The Morgan fingerprint density at radius 3 is 3.07 bits per heavy atom. The van der Waals surface area contributed by atoms with Gasteiger partial charge in [-0.1, -0.05) is 0 Å². The van der Waals surface area contributed by atoms with E-state index >= 15 is 0 Å². The molecule has 0 radical (unpaired) electrons. The molecule has 0 unspecified atom stereocenters. The van der Waals surface area contributed by atoms with Crippen molar-refractivity contribution in [2.45, 2.75) is 18.9 Å². The molecule has 2 rings (SSSR count). The first-order valence-electron chi connectivity index (χ1n) is 4.77. The molecule has 0 aromatic heterocycles. The van der Waals surface area contributed by atoms with Gasteiger partial charge in [0.25, 0.3) is 0 Å². The van der Waals surface area contributed by atoms with Gasteiger partial charge in [-0.25, -0.2) is 0 Å². The van der Waals surface area contributed by atoms with E-state index in [9.17, 15) is 0 Å². The van der Waals surface area contributed by atoms with Crippen molar-refractivity contribution in [3.8, 4) is 0 Å². The van der Waals surface area contributed by atoms with Crippen molar-refractivity contribution in [2.24, 2.45) is 0 Å². The molecule has 14 heavy (non-hydrogen) atoms. The average molecular weight is 325 g/mol. The molecule has 1 saturated heterocycles. The standard InChI is InChI=1S/C10H14IO2S/c1-4-12-5-2-10(1)13-7-9-8-14-6-3-11-9/h3,6,8,10H,1-2,4-5,7H2/q-1. The number of hydrogen-bond acceptors (Lipinski definition) is 3. The first-order chi connectivity index (χ1) is 6.95.